The van der Waals surface area contributed by atoms with Crippen LogP contribution in [0.1, 0.15) is 34.3 Å². The predicted molar refractivity (Wildman–Crippen MR) is 136 cm³/mol. The molecular formula is C28H23ClFN3O3. The molecule has 36 heavy (non-hydrogen) atoms. The molecule has 1 aromatic heterocycles. The van der Waals surface area contributed by atoms with Crippen LogP contribution in [0.3, 0.4) is 0 Å². The third kappa shape index (κ3) is 3.75. The summed E-state index contributed by atoms with van der Waals surface area (Å²) in [5, 5.41) is 4.46. The fraction of sp³-hybridized carbons (Fsp3) is 0.214. The monoisotopic (exact) mass is 503 g/mol. The summed E-state index contributed by atoms with van der Waals surface area (Å²) in [6, 6.07) is 19.0. The molecule has 0 aliphatic carbocycles. The zero-order valence-electron chi connectivity index (χ0n) is 19.3. The Morgan fingerprint density at radius 2 is 1.86 bits per heavy atom. The summed E-state index contributed by atoms with van der Waals surface area (Å²) < 4.78 is 21.7. The van der Waals surface area contributed by atoms with Gasteiger partial charge in [0.15, 0.2) is 0 Å². The summed E-state index contributed by atoms with van der Waals surface area (Å²) in [5.41, 5.74) is 2.43. The molecule has 0 saturated carbocycles. The largest absolute Gasteiger partial charge is 0.437 e. The highest BCUT2D eigenvalue weighted by Gasteiger charge is 2.47. The molecule has 6 nitrogen and oxygen atoms in total. The van der Waals surface area contributed by atoms with E-state index in [4.69, 9.17) is 16.3 Å². The number of halogens is 2. The first-order valence-corrected chi connectivity index (χ1v) is 12.2. The minimum Gasteiger partial charge on any atom is -0.437 e. The standard InChI is InChI=1S/C28H23ClFN3O3/c29-19-8-9-21-22(17-32(25(21)15-19)16-18-4-3-5-20(30)14-18)26(34)33-24-7-2-1-6-23(24)28(36-27(33)35)10-12-31-13-11-28/h1-9,14-15,17,31H,10-13,16H2. The van der Waals surface area contributed by atoms with Gasteiger partial charge in [0.05, 0.1) is 16.8 Å². The molecule has 0 unspecified atom stereocenters. The Hall–Kier alpha value is -3.68. The van der Waals surface area contributed by atoms with E-state index in [2.05, 4.69) is 5.32 Å². The van der Waals surface area contributed by atoms with Gasteiger partial charge in [0.2, 0.25) is 0 Å². The number of rotatable bonds is 3. The van der Waals surface area contributed by atoms with Gasteiger partial charge in [-0.25, -0.2) is 14.1 Å². The van der Waals surface area contributed by atoms with Crippen LogP contribution in [0.15, 0.2) is 72.9 Å². The Kier molecular flexibility index (Phi) is 5.54. The Bertz CT molecular complexity index is 1510. The van der Waals surface area contributed by atoms with E-state index in [0.29, 0.717) is 46.6 Å². The van der Waals surface area contributed by atoms with Crippen molar-refractivity contribution in [3.63, 3.8) is 0 Å². The average molecular weight is 504 g/mol. The number of carbonyl (C=O) groups is 2. The molecule has 2 aliphatic heterocycles. The molecule has 2 aliphatic rings. The number of aromatic nitrogens is 1. The topological polar surface area (TPSA) is 63.6 Å². The lowest BCUT2D eigenvalue weighted by atomic mass is 9.82. The molecule has 8 heteroatoms. The van der Waals surface area contributed by atoms with Crippen LogP contribution in [0, 0.1) is 5.82 Å². The lowest BCUT2D eigenvalue weighted by molar-refractivity contribution is -0.0170. The maximum absolute atomic E-state index is 14.0. The lowest BCUT2D eigenvalue weighted by Gasteiger charge is -2.44. The van der Waals surface area contributed by atoms with Gasteiger partial charge in [-0.1, -0.05) is 48.0 Å². The molecule has 1 saturated heterocycles. The second-order valence-corrected chi connectivity index (χ2v) is 9.67. The average Bonchev–Trinajstić information content (AvgIpc) is 3.22. The minimum absolute atomic E-state index is 0.332. The number of nitrogens with one attached hydrogen (secondary N) is 1. The molecule has 2 amide bonds. The highest BCUT2D eigenvalue weighted by molar-refractivity contribution is 6.31. The Balaban J connectivity index is 1.45. The predicted octanol–water partition coefficient (Wildman–Crippen LogP) is 5.86. The first-order valence-electron chi connectivity index (χ1n) is 11.9. The van der Waals surface area contributed by atoms with Gasteiger partial charge in [-0.2, -0.15) is 0 Å². The van der Waals surface area contributed by atoms with Gasteiger partial charge in [0, 0.05) is 41.6 Å². The summed E-state index contributed by atoms with van der Waals surface area (Å²) in [6.45, 7) is 1.78. The van der Waals surface area contributed by atoms with Crippen LogP contribution in [0.4, 0.5) is 14.9 Å². The second kappa shape index (κ2) is 8.76. The molecule has 6 rings (SSSR count). The van der Waals surface area contributed by atoms with E-state index >= 15 is 0 Å². The highest BCUT2D eigenvalue weighted by atomic mass is 35.5. The fourth-order valence-corrected chi connectivity index (χ4v) is 5.50. The molecule has 0 radical (unpaired) electrons. The molecule has 182 valence electrons. The number of nitrogens with zero attached hydrogens (tertiary/aromatic N) is 2. The molecule has 1 N–H and O–H groups in total. The summed E-state index contributed by atoms with van der Waals surface area (Å²) in [6.07, 6.45) is 2.30. The quantitative estimate of drug-likeness (QED) is 0.380. The molecule has 0 bridgehead atoms. The Morgan fingerprint density at radius 1 is 1.06 bits per heavy atom. The van der Waals surface area contributed by atoms with Gasteiger partial charge in [-0.3, -0.25) is 4.79 Å². The number of piperidine rings is 1. The molecular weight excluding hydrogens is 481 g/mol. The van der Waals surface area contributed by atoms with Crippen LogP contribution >= 0.6 is 11.6 Å². The van der Waals surface area contributed by atoms with Gasteiger partial charge >= 0.3 is 6.09 Å². The number of hydrogen-bond donors (Lipinski definition) is 1. The Labute approximate surface area is 212 Å². The van der Waals surface area contributed by atoms with E-state index in [9.17, 15) is 14.0 Å². The maximum Gasteiger partial charge on any atom is 0.422 e. The molecule has 4 aromatic rings. The minimum atomic E-state index is -0.741. The van der Waals surface area contributed by atoms with E-state index in [0.717, 1.165) is 29.1 Å². The van der Waals surface area contributed by atoms with Crippen molar-refractivity contribution in [2.75, 3.05) is 18.0 Å². The van der Waals surface area contributed by atoms with Crippen LogP contribution in [0.25, 0.3) is 10.9 Å². The number of anilines is 1. The number of imide groups is 1. The van der Waals surface area contributed by atoms with Crippen molar-refractivity contribution in [3.8, 4) is 0 Å². The first kappa shape index (κ1) is 22.8. The molecule has 1 fully saturated rings. The van der Waals surface area contributed by atoms with E-state index in [-0.39, 0.29) is 5.82 Å². The third-order valence-corrected chi connectivity index (χ3v) is 7.27. The van der Waals surface area contributed by atoms with Crippen molar-refractivity contribution in [3.05, 3.63) is 100 Å². The van der Waals surface area contributed by atoms with Crippen molar-refractivity contribution in [1.82, 2.24) is 9.88 Å². The van der Waals surface area contributed by atoms with E-state index in [1.807, 2.05) is 28.8 Å². The summed E-state index contributed by atoms with van der Waals surface area (Å²) in [5.74, 6) is -0.820. The number of ether oxygens (including phenoxy) is 1. The molecule has 3 heterocycles. The van der Waals surface area contributed by atoms with Crippen LogP contribution in [-0.4, -0.2) is 29.7 Å². The number of amides is 2. The normalized spacial score (nSPS) is 16.7. The zero-order valence-corrected chi connectivity index (χ0v) is 20.1. The number of para-hydroxylation sites is 1. The summed E-state index contributed by atoms with van der Waals surface area (Å²) in [7, 11) is 0. The van der Waals surface area contributed by atoms with Crippen molar-refractivity contribution in [2.24, 2.45) is 0 Å². The Morgan fingerprint density at radius 3 is 2.67 bits per heavy atom. The number of benzene rings is 3. The van der Waals surface area contributed by atoms with Crippen LogP contribution < -0.4 is 10.2 Å². The molecule has 0 atom stereocenters. The summed E-state index contributed by atoms with van der Waals surface area (Å²) >= 11 is 6.28. The summed E-state index contributed by atoms with van der Waals surface area (Å²) in [4.78, 5) is 28.5. The SMILES string of the molecule is O=C1OC2(CCNCC2)c2ccccc2N1C(=O)c1cn(Cc2cccc(F)c2)c2cc(Cl)ccc12. The van der Waals surface area contributed by atoms with Crippen LogP contribution in [0.2, 0.25) is 5.02 Å². The highest BCUT2D eigenvalue weighted by Crippen LogP contribution is 2.45. The van der Waals surface area contributed by atoms with Crippen LogP contribution in [0.5, 0.6) is 0 Å². The number of carbonyl (C=O) groups excluding carboxylic acids is 2. The van der Waals surface area contributed by atoms with Gasteiger partial charge in [-0.05, 0) is 49.0 Å². The van der Waals surface area contributed by atoms with Gasteiger partial charge < -0.3 is 14.6 Å². The lowest BCUT2D eigenvalue weighted by Crippen LogP contribution is -2.52. The smallest absolute Gasteiger partial charge is 0.422 e. The van der Waals surface area contributed by atoms with Crippen LogP contribution in [-0.2, 0) is 16.9 Å². The van der Waals surface area contributed by atoms with E-state index in [1.165, 1.54) is 12.1 Å². The maximum atomic E-state index is 14.0. The number of fused-ring (bicyclic) bond motifs is 3. The molecule has 1 spiro atoms. The fourth-order valence-electron chi connectivity index (χ4n) is 5.33. The van der Waals surface area contributed by atoms with Gasteiger partial charge in [-0.15, -0.1) is 0 Å². The third-order valence-electron chi connectivity index (χ3n) is 7.03. The van der Waals surface area contributed by atoms with Crippen molar-refractivity contribution in [1.29, 1.82) is 0 Å². The first-order chi connectivity index (χ1) is 17.4. The van der Waals surface area contributed by atoms with Crippen molar-refractivity contribution < 1.29 is 18.7 Å². The van der Waals surface area contributed by atoms with E-state index < -0.39 is 17.6 Å². The van der Waals surface area contributed by atoms with Gasteiger partial charge in [0.25, 0.3) is 5.91 Å². The van der Waals surface area contributed by atoms with Crippen molar-refractivity contribution >= 4 is 40.2 Å². The number of hydrogen-bond acceptors (Lipinski definition) is 4. The van der Waals surface area contributed by atoms with Gasteiger partial charge in [0.1, 0.15) is 11.4 Å². The van der Waals surface area contributed by atoms with Crippen molar-refractivity contribution in [2.45, 2.75) is 25.0 Å². The second-order valence-electron chi connectivity index (χ2n) is 9.23. The zero-order chi connectivity index (χ0) is 24.9. The molecule has 3 aromatic carbocycles. The van der Waals surface area contributed by atoms with E-state index in [1.54, 1.807) is 36.5 Å².